The zero-order valence-corrected chi connectivity index (χ0v) is 24.6. The van der Waals surface area contributed by atoms with E-state index in [9.17, 15) is 21.6 Å². The molecule has 0 bridgehead atoms. The number of hydrogen-bond donors (Lipinski definition) is 2. The van der Waals surface area contributed by atoms with Crippen molar-refractivity contribution < 1.29 is 16.8 Å². The number of hydrogen-bond acceptors (Lipinski definition) is 8. The van der Waals surface area contributed by atoms with Gasteiger partial charge in [0.1, 0.15) is 5.82 Å². The minimum absolute atomic E-state index is 0.0186. The number of rotatable bonds is 8. The standard InChI is InChI=1S/C25H25Cl2N7O5S2/c26-17-2-1-16(21(27)13-17)14-34-24-22(30-32-34)25(35)29-23(28-24)15-9-11-33(12-10-15)41(38,39)20-7-5-19(6-8-20)40(36,37)31-18-3-4-18/h1-2,5-8,13,15,18,31H,3-4,9-12,14H2,(H,28,29,35). The van der Waals surface area contributed by atoms with Gasteiger partial charge in [0.2, 0.25) is 20.0 Å². The second-order valence-electron chi connectivity index (χ2n) is 10.2. The molecule has 2 aromatic heterocycles. The molecular weight excluding hydrogens is 613 g/mol. The average molecular weight is 639 g/mol. The highest BCUT2D eigenvalue weighted by Crippen LogP contribution is 2.30. The Labute approximate surface area is 245 Å². The maximum absolute atomic E-state index is 13.3. The molecule has 2 aromatic carbocycles. The minimum atomic E-state index is -3.84. The molecule has 1 saturated heterocycles. The van der Waals surface area contributed by atoms with Crippen LogP contribution in [0.4, 0.5) is 0 Å². The molecule has 0 unspecified atom stereocenters. The zero-order chi connectivity index (χ0) is 28.9. The Hall–Kier alpha value is -2.88. The molecule has 4 aromatic rings. The van der Waals surface area contributed by atoms with Gasteiger partial charge in [-0.25, -0.2) is 31.2 Å². The highest BCUT2D eigenvalue weighted by molar-refractivity contribution is 7.89. The fraction of sp³-hybridized carbons (Fsp3) is 0.360. The van der Waals surface area contributed by atoms with E-state index in [0.29, 0.717) is 34.4 Å². The monoisotopic (exact) mass is 637 g/mol. The number of nitrogens with zero attached hydrogens (tertiary/aromatic N) is 5. The quantitative estimate of drug-likeness (QED) is 0.298. The van der Waals surface area contributed by atoms with Crippen LogP contribution in [0, 0.1) is 0 Å². The lowest BCUT2D eigenvalue weighted by Gasteiger charge is -2.30. The summed E-state index contributed by atoms with van der Waals surface area (Å²) in [5.74, 6) is 0.241. The van der Waals surface area contributed by atoms with Gasteiger partial charge < -0.3 is 4.98 Å². The maximum Gasteiger partial charge on any atom is 0.281 e. The molecule has 0 radical (unpaired) electrons. The van der Waals surface area contributed by atoms with Crippen LogP contribution in [0.25, 0.3) is 11.2 Å². The number of piperidine rings is 1. The number of nitrogens with one attached hydrogen (secondary N) is 2. The molecule has 3 heterocycles. The first-order chi connectivity index (χ1) is 19.5. The number of aromatic amines is 1. The van der Waals surface area contributed by atoms with Crippen LogP contribution >= 0.6 is 23.2 Å². The van der Waals surface area contributed by atoms with Gasteiger partial charge in [0.15, 0.2) is 11.2 Å². The Bertz CT molecular complexity index is 1900. The second-order valence-corrected chi connectivity index (χ2v) is 14.6. The smallest absolute Gasteiger partial charge is 0.281 e. The summed E-state index contributed by atoms with van der Waals surface area (Å²) in [6.45, 7) is 0.641. The van der Waals surface area contributed by atoms with Crippen LogP contribution in [-0.2, 0) is 26.6 Å². The first kappa shape index (κ1) is 28.2. The predicted molar refractivity (Wildman–Crippen MR) is 152 cm³/mol. The van der Waals surface area contributed by atoms with Crippen LogP contribution < -0.4 is 10.3 Å². The number of benzene rings is 2. The third-order valence-electron chi connectivity index (χ3n) is 7.24. The van der Waals surface area contributed by atoms with E-state index in [2.05, 4.69) is 25.0 Å². The zero-order valence-electron chi connectivity index (χ0n) is 21.5. The van der Waals surface area contributed by atoms with Crippen molar-refractivity contribution in [2.75, 3.05) is 13.1 Å². The molecule has 0 amide bonds. The largest absolute Gasteiger partial charge is 0.308 e. The predicted octanol–water partition coefficient (Wildman–Crippen LogP) is 2.88. The molecule has 2 aliphatic rings. The van der Waals surface area contributed by atoms with E-state index in [1.807, 2.05) is 0 Å². The normalized spacial score (nSPS) is 17.3. The molecule has 0 atom stereocenters. The van der Waals surface area contributed by atoms with E-state index in [4.69, 9.17) is 23.2 Å². The van der Waals surface area contributed by atoms with Gasteiger partial charge in [-0.3, -0.25) is 4.79 Å². The van der Waals surface area contributed by atoms with Gasteiger partial charge in [0, 0.05) is 35.1 Å². The van der Waals surface area contributed by atoms with Gasteiger partial charge in [-0.1, -0.05) is 34.5 Å². The van der Waals surface area contributed by atoms with Crippen molar-refractivity contribution in [3.8, 4) is 0 Å². The van der Waals surface area contributed by atoms with E-state index in [-0.39, 0.29) is 46.9 Å². The minimum Gasteiger partial charge on any atom is -0.308 e. The van der Waals surface area contributed by atoms with Gasteiger partial charge in [-0.2, -0.15) is 4.31 Å². The second kappa shape index (κ2) is 10.7. The van der Waals surface area contributed by atoms with E-state index in [0.717, 1.165) is 18.4 Å². The molecule has 12 nitrogen and oxygen atoms in total. The average Bonchev–Trinajstić information content (AvgIpc) is 3.66. The molecule has 1 aliphatic carbocycles. The summed E-state index contributed by atoms with van der Waals surface area (Å²) in [4.78, 5) is 20.3. The Kier molecular flexibility index (Phi) is 7.41. The summed E-state index contributed by atoms with van der Waals surface area (Å²) in [5.41, 5.74) is 0.697. The summed E-state index contributed by atoms with van der Waals surface area (Å²) >= 11 is 12.3. The Morgan fingerprint density at radius 1 is 0.951 bits per heavy atom. The molecule has 41 heavy (non-hydrogen) atoms. The van der Waals surface area contributed by atoms with E-state index >= 15 is 0 Å². The maximum atomic E-state index is 13.3. The first-order valence-corrected chi connectivity index (χ1v) is 16.6. The SMILES string of the molecule is O=c1[nH]c(C2CCN(S(=O)(=O)c3ccc(S(=O)(=O)NC4CC4)cc3)CC2)nc2c1nnn2Cc1ccc(Cl)cc1Cl. The molecule has 2 fully saturated rings. The Balaban J connectivity index is 1.17. The highest BCUT2D eigenvalue weighted by Gasteiger charge is 2.32. The van der Waals surface area contributed by atoms with Gasteiger partial charge in [-0.05, 0) is 67.6 Å². The molecule has 216 valence electrons. The number of sulfonamides is 2. The highest BCUT2D eigenvalue weighted by atomic mass is 35.5. The molecule has 1 saturated carbocycles. The fourth-order valence-electron chi connectivity index (χ4n) is 4.79. The van der Waals surface area contributed by atoms with Crippen molar-refractivity contribution in [2.24, 2.45) is 0 Å². The summed E-state index contributed by atoms with van der Waals surface area (Å²) < 4.78 is 56.9. The van der Waals surface area contributed by atoms with Crippen LogP contribution in [0.3, 0.4) is 0 Å². The van der Waals surface area contributed by atoms with E-state index in [1.165, 1.54) is 33.3 Å². The van der Waals surface area contributed by atoms with Crippen molar-refractivity contribution in [2.45, 2.75) is 54.0 Å². The van der Waals surface area contributed by atoms with Crippen LogP contribution in [0.2, 0.25) is 10.0 Å². The van der Waals surface area contributed by atoms with Crippen LogP contribution in [0.1, 0.15) is 43.0 Å². The molecule has 1 aliphatic heterocycles. The molecular formula is C25H25Cl2N7O5S2. The van der Waals surface area contributed by atoms with E-state index < -0.39 is 25.6 Å². The molecule has 16 heteroatoms. The van der Waals surface area contributed by atoms with Crippen molar-refractivity contribution in [3.63, 3.8) is 0 Å². The van der Waals surface area contributed by atoms with Gasteiger partial charge in [-0.15, -0.1) is 5.10 Å². The van der Waals surface area contributed by atoms with Gasteiger partial charge >= 0.3 is 0 Å². The number of halogens is 2. The summed E-state index contributed by atoms with van der Waals surface area (Å²) in [6, 6.07) is 10.3. The fourth-order valence-corrected chi connectivity index (χ4v) is 8.04. The third kappa shape index (κ3) is 5.76. The number of fused-ring (bicyclic) bond motifs is 1. The van der Waals surface area contributed by atoms with Gasteiger partial charge in [0.05, 0.1) is 16.3 Å². The number of H-pyrrole nitrogens is 1. The Morgan fingerprint density at radius 2 is 1.63 bits per heavy atom. The lowest BCUT2D eigenvalue weighted by Crippen LogP contribution is -2.38. The lowest BCUT2D eigenvalue weighted by molar-refractivity contribution is 0.313. The van der Waals surface area contributed by atoms with Crippen LogP contribution in [-0.4, -0.2) is 65.2 Å². The summed E-state index contributed by atoms with van der Waals surface area (Å²) in [5, 5.41) is 9.00. The van der Waals surface area contributed by atoms with Gasteiger partial charge in [0.25, 0.3) is 5.56 Å². The van der Waals surface area contributed by atoms with Crippen LogP contribution in [0.15, 0.2) is 57.1 Å². The lowest BCUT2D eigenvalue weighted by atomic mass is 9.97. The summed E-state index contributed by atoms with van der Waals surface area (Å²) in [6.07, 6.45) is 2.46. The molecule has 0 spiro atoms. The van der Waals surface area contributed by atoms with Crippen molar-refractivity contribution >= 4 is 54.4 Å². The third-order valence-corrected chi connectivity index (χ3v) is 11.3. The van der Waals surface area contributed by atoms with Crippen LogP contribution in [0.5, 0.6) is 0 Å². The molecule has 2 N–H and O–H groups in total. The topological polar surface area (TPSA) is 160 Å². The first-order valence-electron chi connectivity index (χ1n) is 12.9. The van der Waals surface area contributed by atoms with Crippen molar-refractivity contribution in [1.82, 2.24) is 34.0 Å². The summed E-state index contributed by atoms with van der Waals surface area (Å²) in [7, 11) is -7.52. The van der Waals surface area contributed by atoms with Crippen molar-refractivity contribution in [1.29, 1.82) is 0 Å². The molecule has 6 rings (SSSR count). The number of aromatic nitrogens is 5. The van der Waals surface area contributed by atoms with E-state index in [1.54, 1.807) is 18.2 Å². The van der Waals surface area contributed by atoms with Crippen molar-refractivity contribution in [3.05, 3.63) is 74.3 Å². The Morgan fingerprint density at radius 3 is 2.29 bits per heavy atom.